The smallest absolute Gasteiger partial charge is 0.335 e. The number of rotatable bonds is 7. The topological polar surface area (TPSA) is 84.9 Å². The zero-order valence-electron chi connectivity index (χ0n) is 20.7. The Hall–Kier alpha value is -3.33. The Bertz CT molecular complexity index is 1490. The van der Waals surface area contributed by atoms with Crippen molar-refractivity contribution in [2.24, 2.45) is 0 Å². The summed E-state index contributed by atoms with van der Waals surface area (Å²) in [5.74, 6) is -0.663. The van der Waals surface area contributed by atoms with Gasteiger partial charge in [-0.05, 0) is 95.4 Å². The molecule has 0 aliphatic carbocycles. The lowest BCUT2D eigenvalue weighted by Gasteiger charge is -2.28. The Morgan fingerprint density at radius 1 is 0.974 bits per heavy atom. The van der Waals surface area contributed by atoms with Crippen molar-refractivity contribution in [3.63, 3.8) is 0 Å². The van der Waals surface area contributed by atoms with E-state index in [2.05, 4.69) is 21.2 Å². The fourth-order valence-electron chi connectivity index (χ4n) is 3.86. The third-order valence-electron chi connectivity index (χ3n) is 5.72. The second-order valence-corrected chi connectivity index (χ2v) is 10.2. The number of barbiturate groups is 1. The molecule has 0 atom stereocenters. The van der Waals surface area contributed by atoms with E-state index in [1.165, 1.54) is 6.08 Å². The van der Waals surface area contributed by atoms with Crippen LogP contribution in [-0.2, 0) is 16.2 Å². The number of nitrogens with zero attached hydrogens (tertiary/aromatic N) is 1. The number of ether oxygens (including phenoxy) is 2. The van der Waals surface area contributed by atoms with Crippen molar-refractivity contribution in [3.8, 4) is 11.5 Å². The number of urea groups is 1. The molecular formula is C28H23BrCl2N2O5. The fourth-order valence-corrected chi connectivity index (χ4v) is 4.76. The van der Waals surface area contributed by atoms with Crippen molar-refractivity contribution in [3.05, 3.63) is 90.9 Å². The summed E-state index contributed by atoms with van der Waals surface area (Å²) in [4.78, 5) is 39.7. The second-order valence-electron chi connectivity index (χ2n) is 8.55. The molecule has 0 aromatic heterocycles. The Kier molecular flexibility index (Phi) is 8.45. The van der Waals surface area contributed by atoms with Crippen LogP contribution in [0.25, 0.3) is 6.08 Å². The van der Waals surface area contributed by atoms with E-state index in [-0.39, 0.29) is 12.2 Å². The Balaban J connectivity index is 1.67. The highest BCUT2D eigenvalue weighted by atomic mass is 79.9. The number of anilines is 1. The van der Waals surface area contributed by atoms with Gasteiger partial charge in [0.15, 0.2) is 11.5 Å². The van der Waals surface area contributed by atoms with Gasteiger partial charge in [0.2, 0.25) is 0 Å². The van der Waals surface area contributed by atoms with Gasteiger partial charge in [0.25, 0.3) is 11.8 Å². The number of halogens is 3. The van der Waals surface area contributed by atoms with Gasteiger partial charge in [-0.3, -0.25) is 14.9 Å². The number of imide groups is 2. The predicted molar refractivity (Wildman–Crippen MR) is 151 cm³/mol. The maximum Gasteiger partial charge on any atom is 0.335 e. The van der Waals surface area contributed by atoms with Gasteiger partial charge in [-0.25, -0.2) is 9.69 Å². The summed E-state index contributed by atoms with van der Waals surface area (Å²) in [7, 11) is 0. The first-order valence-electron chi connectivity index (χ1n) is 11.6. The minimum atomic E-state index is -0.798. The van der Waals surface area contributed by atoms with E-state index in [1.807, 2.05) is 26.0 Å². The highest BCUT2D eigenvalue weighted by Gasteiger charge is 2.37. The number of carbonyl (C=O) groups is 3. The molecule has 1 aliphatic rings. The molecule has 10 heteroatoms. The first-order chi connectivity index (χ1) is 18.1. The summed E-state index contributed by atoms with van der Waals surface area (Å²) < 4.78 is 12.3. The zero-order valence-corrected chi connectivity index (χ0v) is 23.8. The first kappa shape index (κ1) is 27.7. The molecule has 196 valence electrons. The third kappa shape index (κ3) is 5.88. The minimum Gasteiger partial charge on any atom is -0.490 e. The predicted octanol–water partition coefficient (Wildman–Crippen LogP) is 7.02. The number of amides is 4. The van der Waals surface area contributed by atoms with Crippen molar-refractivity contribution in [2.75, 3.05) is 11.5 Å². The second kappa shape index (κ2) is 11.6. The van der Waals surface area contributed by atoms with Crippen LogP contribution in [0, 0.1) is 13.8 Å². The molecular weight excluding hydrogens is 595 g/mol. The Morgan fingerprint density at radius 3 is 2.45 bits per heavy atom. The van der Waals surface area contributed by atoms with Crippen LogP contribution in [0.15, 0.2) is 58.6 Å². The molecule has 0 bridgehead atoms. The molecule has 1 heterocycles. The molecule has 1 N–H and O–H groups in total. The molecule has 1 saturated heterocycles. The van der Waals surface area contributed by atoms with Crippen molar-refractivity contribution in [1.29, 1.82) is 0 Å². The lowest BCUT2D eigenvalue weighted by molar-refractivity contribution is -0.122. The van der Waals surface area contributed by atoms with Crippen molar-refractivity contribution in [1.82, 2.24) is 5.32 Å². The quantitative estimate of drug-likeness (QED) is 0.228. The van der Waals surface area contributed by atoms with Crippen LogP contribution in [0.5, 0.6) is 11.5 Å². The van der Waals surface area contributed by atoms with Gasteiger partial charge in [0, 0.05) is 0 Å². The lowest BCUT2D eigenvalue weighted by atomic mass is 10.0. The van der Waals surface area contributed by atoms with Crippen LogP contribution in [-0.4, -0.2) is 24.5 Å². The molecule has 0 spiro atoms. The Labute approximate surface area is 238 Å². The summed E-state index contributed by atoms with van der Waals surface area (Å²) in [6, 6.07) is 13.2. The average Bonchev–Trinajstić information content (AvgIpc) is 2.85. The number of benzene rings is 3. The number of hydrogen-bond donors (Lipinski definition) is 1. The fraction of sp³-hybridized carbons (Fsp3) is 0.179. The molecule has 0 unspecified atom stereocenters. The largest absolute Gasteiger partial charge is 0.490 e. The van der Waals surface area contributed by atoms with Crippen LogP contribution < -0.4 is 19.7 Å². The molecule has 38 heavy (non-hydrogen) atoms. The molecule has 0 saturated carbocycles. The number of nitrogens with one attached hydrogen (secondary N) is 1. The van der Waals surface area contributed by atoms with Crippen LogP contribution in [0.1, 0.15) is 29.2 Å². The summed E-state index contributed by atoms with van der Waals surface area (Å²) in [5.41, 5.74) is 3.11. The molecule has 0 radical (unpaired) electrons. The number of hydrogen-bond acceptors (Lipinski definition) is 5. The molecule has 4 rings (SSSR count). The molecule has 3 aromatic rings. The molecule has 4 amide bonds. The van der Waals surface area contributed by atoms with E-state index in [0.717, 1.165) is 21.6 Å². The van der Waals surface area contributed by atoms with Gasteiger partial charge in [0.05, 0.1) is 26.8 Å². The highest BCUT2D eigenvalue weighted by molar-refractivity contribution is 9.10. The molecule has 7 nitrogen and oxygen atoms in total. The van der Waals surface area contributed by atoms with Crippen LogP contribution in [0.2, 0.25) is 10.0 Å². The van der Waals surface area contributed by atoms with E-state index < -0.39 is 17.8 Å². The standard InChI is InChI=1S/C28H23BrCl2N2O5/c1-4-37-24-13-18(11-20(29)25(24)38-14-17-7-8-21(30)22(31)12-17)10-19-26(34)32-28(36)33(27(19)35)23-9-15(2)5-6-16(23)3/h5-13H,4,14H2,1-3H3,(H,32,34,36)/b19-10+. The Morgan fingerprint density at radius 2 is 1.74 bits per heavy atom. The normalized spacial score (nSPS) is 14.6. The van der Waals surface area contributed by atoms with E-state index in [9.17, 15) is 14.4 Å². The summed E-state index contributed by atoms with van der Waals surface area (Å²) >= 11 is 15.6. The maximum absolute atomic E-state index is 13.4. The number of carbonyl (C=O) groups excluding carboxylic acids is 3. The molecule has 1 aliphatic heterocycles. The van der Waals surface area contributed by atoms with Crippen LogP contribution in [0.3, 0.4) is 0 Å². The minimum absolute atomic E-state index is 0.190. The summed E-state index contributed by atoms with van der Waals surface area (Å²) in [6.07, 6.45) is 1.41. The van der Waals surface area contributed by atoms with Crippen molar-refractivity contribution >= 4 is 68.7 Å². The van der Waals surface area contributed by atoms with E-state index in [0.29, 0.717) is 43.9 Å². The van der Waals surface area contributed by atoms with Gasteiger partial charge in [-0.2, -0.15) is 0 Å². The van der Waals surface area contributed by atoms with Crippen molar-refractivity contribution in [2.45, 2.75) is 27.4 Å². The monoisotopic (exact) mass is 616 g/mol. The van der Waals surface area contributed by atoms with Gasteiger partial charge in [-0.15, -0.1) is 0 Å². The average molecular weight is 618 g/mol. The maximum atomic E-state index is 13.4. The van der Waals surface area contributed by atoms with E-state index >= 15 is 0 Å². The van der Waals surface area contributed by atoms with Gasteiger partial charge in [0.1, 0.15) is 12.2 Å². The SMILES string of the molecule is CCOc1cc(/C=C2\C(=O)NC(=O)N(c3cc(C)ccc3C)C2=O)cc(Br)c1OCc1ccc(Cl)c(Cl)c1. The molecule has 3 aromatic carbocycles. The summed E-state index contributed by atoms with van der Waals surface area (Å²) in [5, 5.41) is 3.13. The highest BCUT2D eigenvalue weighted by Crippen LogP contribution is 2.38. The lowest BCUT2D eigenvalue weighted by Crippen LogP contribution is -2.54. The van der Waals surface area contributed by atoms with Crippen molar-refractivity contribution < 1.29 is 23.9 Å². The number of aryl methyl sites for hydroxylation is 2. The van der Waals surface area contributed by atoms with E-state index in [4.69, 9.17) is 32.7 Å². The van der Waals surface area contributed by atoms with Gasteiger partial charge in [-0.1, -0.05) is 41.4 Å². The third-order valence-corrected chi connectivity index (χ3v) is 7.05. The van der Waals surface area contributed by atoms with Gasteiger partial charge >= 0.3 is 6.03 Å². The van der Waals surface area contributed by atoms with Gasteiger partial charge < -0.3 is 9.47 Å². The zero-order chi connectivity index (χ0) is 27.6. The molecule has 1 fully saturated rings. The summed E-state index contributed by atoms with van der Waals surface area (Å²) in [6.45, 7) is 6.02. The first-order valence-corrected chi connectivity index (χ1v) is 13.2. The van der Waals surface area contributed by atoms with E-state index in [1.54, 1.807) is 43.3 Å². The van der Waals surface area contributed by atoms with Crippen LogP contribution >= 0.6 is 39.1 Å². The van der Waals surface area contributed by atoms with Crippen LogP contribution in [0.4, 0.5) is 10.5 Å².